The molecule has 2 N–H and O–H groups in total. The molecule has 2 nitrogen and oxygen atoms in total. The van der Waals surface area contributed by atoms with Crippen molar-refractivity contribution in [1.29, 1.82) is 0 Å². The van der Waals surface area contributed by atoms with E-state index < -0.39 is 0 Å². The first-order valence-corrected chi connectivity index (χ1v) is 5.90. The zero-order chi connectivity index (χ0) is 12.2. The summed E-state index contributed by atoms with van der Waals surface area (Å²) in [5, 5.41) is 12.6. The van der Waals surface area contributed by atoms with Gasteiger partial charge < -0.3 is 10.4 Å². The van der Waals surface area contributed by atoms with Gasteiger partial charge in [-0.25, -0.2) is 0 Å². The first kappa shape index (κ1) is 13.0. The zero-order valence-corrected chi connectivity index (χ0v) is 10.7. The largest absolute Gasteiger partial charge is 0.508 e. The third kappa shape index (κ3) is 3.86. The van der Waals surface area contributed by atoms with Crippen LogP contribution in [0.1, 0.15) is 33.3 Å². The standard InChI is InChI=1S/C14H23NO/c1-11(2)14(3,4)10-15-9-12-5-7-13(16)8-6-12/h5-8,11,15-16H,9-10H2,1-4H3. The molecule has 0 bridgehead atoms. The highest BCUT2D eigenvalue weighted by atomic mass is 16.3. The minimum absolute atomic E-state index is 0.316. The van der Waals surface area contributed by atoms with Gasteiger partial charge in [0, 0.05) is 13.1 Å². The van der Waals surface area contributed by atoms with Gasteiger partial charge in [0.25, 0.3) is 0 Å². The summed E-state index contributed by atoms with van der Waals surface area (Å²) in [5.41, 5.74) is 1.52. The normalized spacial score (nSPS) is 12.1. The van der Waals surface area contributed by atoms with Gasteiger partial charge in [0.05, 0.1) is 0 Å². The average molecular weight is 221 g/mol. The Morgan fingerprint density at radius 2 is 1.75 bits per heavy atom. The van der Waals surface area contributed by atoms with E-state index in [0.717, 1.165) is 13.1 Å². The van der Waals surface area contributed by atoms with Crippen LogP contribution in [0.25, 0.3) is 0 Å². The smallest absolute Gasteiger partial charge is 0.115 e. The summed E-state index contributed by atoms with van der Waals surface area (Å²) < 4.78 is 0. The van der Waals surface area contributed by atoms with Gasteiger partial charge in [-0.15, -0.1) is 0 Å². The topological polar surface area (TPSA) is 32.3 Å². The van der Waals surface area contributed by atoms with Gasteiger partial charge in [-0.3, -0.25) is 0 Å². The van der Waals surface area contributed by atoms with E-state index in [1.165, 1.54) is 5.56 Å². The van der Waals surface area contributed by atoms with E-state index in [-0.39, 0.29) is 0 Å². The number of aromatic hydroxyl groups is 1. The Kier molecular flexibility index (Phi) is 4.36. The number of phenols is 1. The van der Waals surface area contributed by atoms with E-state index in [1.54, 1.807) is 12.1 Å². The number of hydrogen-bond donors (Lipinski definition) is 2. The van der Waals surface area contributed by atoms with E-state index in [9.17, 15) is 0 Å². The first-order valence-electron chi connectivity index (χ1n) is 5.90. The fraction of sp³-hybridized carbons (Fsp3) is 0.571. The van der Waals surface area contributed by atoms with Crippen molar-refractivity contribution in [2.24, 2.45) is 11.3 Å². The van der Waals surface area contributed by atoms with E-state index in [1.807, 2.05) is 12.1 Å². The third-order valence-electron chi connectivity index (χ3n) is 3.41. The highest BCUT2D eigenvalue weighted by molar-refractivity contribution is 5.25. The molecule has 0 aromatic heterocycles. The molecule has 0 fully saturated rings. The van der Waals surface area contributed by atoms with Crippen LogP contribution in [-0.2, 0) is 6.54 Å². The Balaban J connectivity index is 2.39. The van der Waals surface area contributed by atoms with Crippen LogP contribution in [0.5, 0.6) is 5.75 Å². The number of hydrogen-bond acceptors (Lipinski definition) is 2. The molecule has 2 heteroatoms. The van der Waals surface area contributed by atoms with Gasteiger partial charge in [0.1, 0.15) is 5.75 Å². The van der Waals surface area contributed by atoms with Gasteiger partial charge in [-0.2, -0.15) is 0 Å². The van der Waals surface area contributed by atoms with Crippen LogP contribution in [0, 0.1) is 11.3 Å². The zero-order valence-electron chi connectivity index (χ0n) is 10.7. The first-order chi connectivity index (χ1) is 7.42. The van der Waals surface area contributed by atoms with Crippen molar-refractivity contribution in [3.8, 4) is 5.75 Å². The van der Waals surface area contributed by atoms with Crippen LogP contribution >= 0.6 is 0 Å². The van der Waals surface area contributed by atoms with Crippen molar-refractivity contribution in [2.45, 2.75) is 34.2 Å². The second-order valence-electron chi connectivity index (χ2n) is 5.41. The van der Waals surface area contributed by atoms with E-state index >= 15 is 0 Å². The van der Waals surface area contributed by atoms with E-state index in [0.29, 0.717) is 17.1 Å². The van der Waals surface area contributed by atoms with Crippen molar-refractivity contribution in [3.63, 3.8) is 0 Å². The summed E-state index contributed by atoms with van der Waals surface area (Å²) in [6.45, 7) is 10.9. The van der Waals surface area contributed by atoms with Crippen LogP contribution in [0.4, 0.5) is 0 Å². The lowest BCUT2D eigenvalue weighted by atomic mass is 9.81. The quantitative estimate of drug-likeness (QED) is 0.800. The minimum Gasteiger partial charge on any atom is -0.508 e. The molecule has 0 heterocycles. The molecule has 0 saturated heterocycles. The molecular formula is C14H23NO. The average Bonchev–Trinajstić information content (AvgIpc) is 2.20. The minimum atomic E-state index is 0.316. The van der Waals surface area contributed by atoms with E-state index in [2.05, 4.69) is 33.0 Å². The molecule has 1 aromatic rings. The molecule has 0 aliphatic heterocycles. The fourth-order valence-electron chi connectivity index (χ4n) is 1.35. The Morgan fingerprint density at radius 1 is 1.19 bits per heavy atom. The van der Waals surface area contributed by atoms with Crippen molar-refractivity contribution in [2.75, 3.05) is 6.54 Å². The molecule has 0 unspecified atom stereocenters. The Labute approximate surface area is 98.7 Å². The lowest BCUT2D eigenvalue weighted by Crippen LogP contribution is -2.33. The third-order valence-corrected chi connectivity index (χ3v) is 3.41. The molecule has 0 saturated carbocycles. The SMILES string of the molecule is CC(C)C(C)(C)CNCc1ccc(O)cc1. The number of phenolic OH excluding ortho intramolecular Hbond substituents is 1. The molecule has 0 radical (unpaired) electrons. The molecule has 0 spiro atoms. The van der Waals surface area contributed by atoms with E-state index in [4.69, 9.17) is 5.11 Å². The predicted molar refractivity (Wildman–Crippen MR) is 68.4 cm³/mol. The summed E-state index contributed by atoms with van der Waals surface area (Å²) in [4.78, 5) is 0. The number of nitrogens with one attached hydrogen (secondary N) is 1. The number of rotatable bonds is 5. The summed E-state index contributed by atoms with van der Waals surface area (Å²) >= 11 is 0. The van der Waals surface area contributed by atoms with Crippen LogP contribution in [0.3, 0.4) is 0 Å². The highest BCUT2D eigenvalue weighted by Crippen LogP contribution is 2.24. The maximum absolute atomic E-state index is 9.16. The molecule has 90 valence electrons. The van der Waals surface area contributed by atoms with Crippen LogP contribution < -0.4 is 5.32 Å². The molecule has 0 amide bonds. The van der Waals surface area contributed by atoms with Crippen LogP contribution in [0.2, 0.25) is 0 Å². The molecule has 0 aliphatic rings. The summed E-state index contributed by atoms with van der Waals surface area (Å²) in [6.07, 6.45) is 0. The Hall–Kier alpha value is -1.02. The second kappa shape index (κ2) is 5.35. The van der Waals surface area contributed by atoms with Gasteiger partial charge in [0.15, 0.2) is 0 Å². The Morgan fingerprint density at radius 3 is 2.25 bits per heavy atom. The van der Waals surface area contributed by atoms with Crippen molar-refractivity contribution >= 4 is 0 Å². The predicted octanol–water partition coefficient (Wildman–Crippen LogP) is 3.16. The molecule has 1 rings (SSSR count). The van der Waals surface area contributed by atoms with Gasteiger partial charge in [-0.05, 0) is 29.0 Å². The molecule has 0 atom stereocenters. The van der Waals surface area contributed by atoms with Crippen molar-refractivity contribution in [1.82, 2.24) is 5.32 Å². The lowest BCUT2D eigenvalue weighted by molar-refractivity contribution is 0.238. The maximum Gasteiger partial charge on any atom is 0.115 e. The summed E-state index contributed by atoms with van der Waals surface area (Å²) in [7, 11) is 0. The molecule has 1 aromatic carbocycles. The summed E-state index contributed by atoms with van der Waals surface area (Å²) in [6, 6.07) is 7.35. The van der Waals surface area contributed by atoms with Crippen LogP contribution in [-0.4, -0.2) is 11.7 Å². The second-order valence-corrected chi connectivity index (χ2v) is 5.41. The number of benzene rings is 1. The molecular weight excluding hydrogens is 198 g/mol. The van der Waals surface area contributed by atoms with Gasteiger partial charge in [-0.1, -0.05) is 39.8 Å². The monoisotopic (exact) mass is 221 g/mol. The Bertz CT molecular complexity index is 314. The summed E-state index contributed by atoms with van der Waals surface area (Å²) in [5.74, 6) is 0.992. The van der Waals surface area contributed by atoms with Crippen LogP contribution in [0.15, 0.2) is 24.3 Å². The maximum atomic E-state index is 9.16. The molecule has 0 aliphatic carbocycles. The van der Waals surface area contributed by atoms with Gasteiger partial charge in [0.2, 0.25) is 0 Å². The molecule has 16 heavy (non-hydrogen) atoms. The lowest BCUT2D eigenvalue weighted by Gasteiger charge is -2.29. The van der Waals surface area contributed by atoms with Crippen molar-refractivity contribution in [3.05, 3.63) is 29.8 Å². The van der Waals surface area contributed by atoms with Gasteiger partial charge >= 0.3 is 0 Å². The highest BCUT2D eigenvalue weighted by Gasteiger charge is 2.21. The fourth-order valence-corrected chi connectivity index (χ4v) is 1.35. The van der Waals surface area contributed by atoms with Crippen molar-refractivity contribution < 1.29 is 5.11 Å².